The van der Waals surface area contributed by atoms with E-state index in [0.717, 1.165) is 18.6 Å². The predicted molar refractivity (Wildman–Crippen MR) is 63.3 cm³/mol. The molecule has 0 bridgehead atoms. The molecule has 1 nitrogen and oxygen atoms in total. The van der Waals surface area contributed by atoms with Crippen LogP contribution < -0.4 is 0 Å². The normalized spacial score (nSPS) is 15.5. The molecule has 0 saturated heterocycles. The van der Waals surface area contributed by atoms with Crippen LogP contribution >= 0.6 is 0 Å². The third-order valence-electron chi connectivity index (χ3n) is 2.33. The van der Waals surface area contributed by atoms with Gasteiger partial charge in [0.1, 0.15) is 0 Å². The monoisotopic (exact) mass is 196 g/mol. The van der Waals surface area contributed by atoms with Gasteiger partial charge in [0.25, 0.3) is 0 Å². The van der Waals surface area contributed by atoms with Crippen molar-refractivity contribution in [3.63, 3.8) is 0 Å². The molecule has 0 heterocycles. The Kier molecular flexibility index (Phi) is 7.27. The Bertz CT molecular complexity index is 201. The first-order valence-corrected chi connectivity index (χ1v) is 5.62. The average Bonchev–Trinajstić information content (AvgIpc) is 2.17. The second-order valence-corrected chi connectivity index (χ2v) is 3.77. The molecular weight excluding hydrogens is 172 g/mol. The maximum Gasteiger partial charge on any atom is 0.0961 e. The Hall–Kier alpha value is -0.720. The zero-order chi connectivity index (χ0) is 11.0. The SMILES string of the molecule is CCC/C=C/C(C)=C(\C)OC(C)CC. The van der Waals surface area contributed by atoms with E-state index in [4.69, 9.17) is 4.74 Å². The summed E-state index contributed by atoms with van der Waals surface area (Å²) >= 11 is 0. The van der Waals surface area contributed by atoms with Crippen LogP contribution in [-0.2, 0) is 4.74 Å². The summed E-state index contributed by atoms with van der Waals surface area (Å²) in [7, 11) is 0. The Morgan fingerprint density at radius 1 is 1.29 bits per heavy atom. The third kappa shape index (κ3) is 5.85. The van der Waals surface area contributed by atoms with Crippen LogP contribution in [0.25, 0.3) is 0 Å². The molecule has 0 aromatic rings. The highest BCUT2D eigenvalue weighted by Gasteiger charge is 2.00. The molecule has 0 aromatic carbocycles. The van der Waals surface area contributed by atoms with Gasteiger partial charge < -0.3 is 4.74 Å². The minimum Gasteiger partial charge on any atom is -0.495 e. The molecule has 14 heavy (non-hydrogen) atoms. The fourth-order valence-corrected chi connectivity index (χ4v) is 1.02. The van der Waals surface area contributed by atoms with Crippen LogP contribution in [0.4, 0.5) is 0 Å². The van der Waals surface area contributed by atoms with E-state index in [1.807, 2.05) is 6.92 Å². The first-order chi connectivity index (χ1) is 6.61. The van der Waals surface area contributed by atoms with Gasteiger partial charge in [-0.2, -0.15) is 0 Å². The third-order valence-corrected chi connectivity index (χ3v) is 2.33. The molecule has 0 spiro atoms. The predicted octanol–water partition coefficient (Wildman–Crippen LogP) is 4.45. The molecule has 0 aliphatic heterocycles. The summed E-state index contributed by atoms with van der Waals surface area (Å²) in [4.78, 5) is 0. The van der Waals surface area contributed by atoms with E-state index in [0.29, 0.717) is 6.10 Å². The topological polar surface area (TPSA) is 9.23 Å². The highest BCUT2D eigenvalue weighted by Crippen LogP contribution is 2.11. The first kappa shape index (κ1) is 13.3. The number of allylic oxidation sites excluding steroid dienone is 4. The van der Waals surface area contributed by atoms with Crippen molar-refractivity contribution in [1.82, 2.24) is 0 Å². The molecule has 0 saturated carbocycles. The number of hydrogen-bond acceptors (Lipinski definition) is 1. The van der Waals surface area contributed by atoms with Gasteiger partial charge in [0.05, 0.1) is 11.9 Å². The fourth-order valence-electron chi connectivity index (χ4n) is 1.02. The van der Waals surface area contributed by atoms with Crippen molar-refractivity contribution in [2.45, 2.75) is 60.0 Å². The number of ether oxygens (including phenoxy) is 1. The van der Waals surface area contributed by atoms with Gasteiger partial charge in [-0.15, -0.1) is 0 Å². The van der Waals surface area contributed by atoms with Crippen LogP contribution in [-0.4, -0.2) is 6.10 Å². The Morgan fingerprint density at radius 2 is 1.93 bits per heavy atom. The van der Waals surface area contributed by atoms with E-state index in [-0.39, 0.29) is 0 Å². The van der Waals surface area contributed by atoms with Gasteiger partial charge in [0, 0.05) is 0 Å². The summed E-state index contributed by atoms with van der Waals surface area (Å²) in [5.74, 6) is 1.05. The highest BCUT2D eigenvalue weighted by atomic mass is 16.5. The van der Waals surface area contributed by atoms with E-state index in [9.17, 15) is 0 Å². The summed E-state index contributed by atoms with van der Waals surface area (Å²) in [6.07, 6.45) is 8.09. The van der Waals surface area contributed by atoms with Crippen molar-refractivity contribution >= 4 is 0 Å². The lowest BCUT2D eigenvalue weighted by Crippen LogP contribution is -2.05. The zero-order valence-corrected chi connectivity index (χ0v) is 10.3. The van der Waals surface area contributed by atoms with Gasteiger partial charge in [0.15, 0.2) is 0 Å². The molecule has 1 atom stereocenters. The molecular formula is C13H24O. The molecule has 0 aliphatic carbocycles. The molecule has 0 aliphatic rings. The number of rotatable bonds is 6. The van der Waals surface area contributed by atoms with E-state index in [1.54, 1.807) is 0 Å². The summed E-state index contributed by atoms with van der Waals surface area (Å²) in [6.45, 7) is 10.6. The van der Waals surface area contributed by atoms with Crippen molar-refractivity contribution < 1.29 is 4.74 Å². The van der Waals surface area contributed by atoms with Gasteiger partial charge in [0.2, 0.25) is 0 Å². The van der Waals surface area contributed by atoms with Crippen LogP contribution in [0.3, 0.4) is 0 Å². The maximum absolute atomic E-state index is 5.72. The van der Waals surface area contributed by atoms with E-state index < -0.39 is 0 Å². The summed E-state index contributed by atoms with van der Waals surface area (Å²) < 4.78 is 5.72. The quantitative estimate of drug-likeness (QED) is 0.450. The van der Waals surface area contributed by atoms with Gasteiger partial charge in [-0.3, -0.25) is 0 Å². The van der Waals surface area contributed by atoms with Crippen LogP contribution in [0, 0.1) is 0 Å². The van der Waals surface area contributed by atoms with Crippen molar-refractivity contribution in [2.75, 3.05) is 0 Å². The maximum atomic E-state index is 5.72. The first-order valence-electron chi connectivity index (χ1n) is 5.62. The molecule has 1 heteroatoms. The molecule has 0 rings (SSSR count). The molecule has 1 unspecified atom stereocenters. The van der Waals surface area contributed by atoms with Gasteiger partial charge in [-0.05, 0) is 39.2 Å². The van der Waals surface area contributed by atoms with Crippen LogP contribution in [0.5, 0.6) is 0 Å². The van der Waals surface area contributed by atoms with Gasteiger partial charge in [-0.1, -0.05) is 32.4 Å². The zero-order valence-electron chi connectivity index (χ0n) is 10.3. The fraction of sp³-hybridized carbons (Fsp3) is 0.692. The lowest BCUT2D eigenvalue weighted by Gasteiger charge is -2.14. The van der Waals surface area contributed by atoms with Gasteiger partial charge in [-0.25, -0.2) is 0 Å². The molecule has 82 valence electrons. The average molecular weight is 196 g/mol. The molecule has 0 amide bonds. The highest BCUT2D eigenvalue weighted by molar-refractivity contribution is 5.18. The Labute approximate surface area is 88.9 Å². The number of unbranched alkanes of at least 4 members (excludes halogenated alkanes) is 1. The standard InChI is InChI=1S/C13H24O/c1-6-8-9-10-11(3)13(5)14-12(4)7-2/h9-10,12H,6-8H2,1-5H3/b10-9+,13-11+. The van der Waals surface area contributed by atoms with Crippen LogP contribution in [0.1, 0.15) is 53.9 Å². The largest absolute Gasteiger partial charge is 0.495 e. The minimum absolute atomic E-state index is 0.324. The molecule has 0 radical (unpaired) electrons. The van der Waals surface area contributed by atoms with Crippen LogP contribution in [0.2, 0.25) is 0 Å². The van der Waals surface area contributed by atoms with Crippen molar-refractivity contribution in [3.8, 4) is 0 Å². The Balaban J connectivity index is 4.14. The molecule has 0 N–H and O–H groups in total. The summed E-state index contributed by atoms with van der Waals surface area (Å²) in [5.41, 5.74) is 1.23. The number of hydrogen-bond donors (Lipinski definition) is 0. The summed E-state index contributed by atoms with van der Waals surface area (Å²) in [5, 5.41) is 0. The molecule has 0 aromatic heterocycles. The minimum atomic E-state index is 0.324. The lowest BCUT2D eigenvalue weighted by atomic mass is 10.2. The van der Waals surface area contributed by atoms with Crippen LogP contribution in [0.15, 0.2) is 23.5 Å². The van der Waals surface area contributed by atoms with Crippen molar-refractivity contribution in [3.05, 3.63) is 23.5 Å². The van der Waals surface area contributed by atoms with Crippen molar-refractivity contribution in [1.29, 1.82) is 0 Å². The molecule has 0 fully saturated rings. The smallest absolute Gasteiger partial charge is 0.0961 e. The van der Waals surface area contributed by atoms with E-state index >= 15 is 0 Å². The van der Waals surface area contributed by atoms with E-state index in [2.05, 4.69) is 39.8 Å². The Morgan fingerprint density at radius 3 is 2.43 bits per heavy atom. The lowest BCUT2D eigenvalue weighted by molar-refractivity contribution is 0.128. The second-order valence-electron chi connectivity index (χ2n) is 3.77. The van der Waals surface area contributed by atoms with Gasteiger partial charge >= 0.3 is 0 Å². The summed E-state index contributed by atoms with van der Waals surface area (Å²) in [6, 6.07) is 0. The van der Waals surface area contributed by atoms with Crippen molar-refractivity contribution in [2.24, 2.45) is 0 Å². The van der Waals surface area contributed by atoms with E-state index in [1.165, 1.54) is 12.0 Å². The second kappa shape index (κ2) is 7.66.